The molecular formula is C15H19NO4S. The van der Waals surface area contributed by atoms with Gasteiger partial charge < -0.3 is 9.52 Å². The highest BCUT2D eigenvalue weighted by molar-refractivity contribution is 7.89. The van der Waals surface area contributed by atoms with E-state index in [1.54, 1.807) is 45.0 Å². The Morgan fingerprint density at radius 2 is 1.95 bits per heavy atom. The van der Waals surface area contributed by atoms with Gasteiger partial charge in [-0.2, -0.15) is 0 Å². The van der Waals surface area contributed by atoms with Crippen molar-refractivity contribution in [3.8, 4) is 0 Å². The number of benzene rings is 1. The zero-order valence-electron chi connectivity index (χ0n) is 12.3. The third kappa shape index (κ3) is 3.34. The Labute approximate surface area is 124 Å². The number of aliphatic hydroxyl groups is 1. The third-order valence-electron chi connectivity index (χ3n) is 3.38. The highest BCUT2D eigenvalue weighted by Crippen LogP contribution is 2.22. The Bertz CT molecular complexity index is 734. The van der Waals surface area contributed by atoms with Crippen LogP contribution in [0.5, 0.6) is 0 Å². The van der Waals surface area contributed by atoms with Gasteiger partial charge in [0.1, 0.15) is 11.5 Å². The van der Waals surface area contributed by atoms with E-state index >= 15 is 0 Å². The molecule has 0 aliphatic heterocycles. The molecule has 1 heterocycles. The van der Waals surface area contributed by atoms with Gasteiger partial charge in [-0.25, -0.2) is 13.1 Å². The predicted molar refractivity (Wildman–Crippen MR) is 79.3 cm³/mol. The number of furan rings is 1. The number of hydrogen-bond donors (Lipinski definition) is 2. The molecule has 0 aliphatic carbocycles. The summed E-state index contributed by atoms with van der Waals surface area (Å²) in [5.41, 5.74) is 1.15. The molecule has 0 spiro atoms. The molecule has 6 heteroatoms. The number of hydrogen-bond acceptors (Lipinski definition) is 4. The van der Waals surface area contributed by atoms with Gasteiger partial charge in [0.15, 0.2) is 0 Å². The van der Waals surface area contributed by atoms with Crippen molar-refractivity contribution in [2.45, 2.75) is 38.3 Å². The summed E-state index contributed by atoms with van der Waals surface area (Å²) < 4.78 is 33.0. The van der Waals surface area contributed by atoms with E-state index in [2.05, 4.69) is 4.72 Å². The summed E-state index contributed by atoms with van der Waals surface area (Å²) in [5, 5.41) is 9.24. The second-order valence-electron chi connectivity index (χ2n) is 4.99. The molecule has 0 radical (unpaired) electrons. The van der Waals surface area contributed by atoms with Crippen molar-refractivity contribution >= 4 is 10.0 Å². The van der Waals surface area contributed by atoms with Gasteiger partial charge in [0.05, 0.1) is 17.5 Å². The third-order valence-corrected chi connectivity index (χ3v) is 5.06. The van der Waals surface area contributed by atoms with Crippen LogP contribution >= 0.6 is 0 Å². The van der Waals surface area contributed by atoms with Gasteiger partial charge >= 0.3 is 0 Å². The highest BCUT2D eigenvalue weighted by Gasteiger charge is 2.22. The molecule has 1 aromatic heterocycles. The maximum absolute atomic E-state index is 12.5. The predicted octanol–water partition coefficient (Wildman–Crippen LogP) is 2.43. The van der Waals surface area contributed by atoms with Crippen LogP contribution in [-0.4, -0.2) is 13.5 Å². The van der Waals surface area contributed by atoms with Crippen LogP contribution in [0.1, 0.15) is 35.6 Å². The number of nitrogens with one attached hydrogen (secondary N) is 1. The van der Waals surface area contributed by atoms with E-state index in [1.165, 1.54) is 6.07 Å². The fourth-order valence-corrected chi connectivity index (χ4v) is 3.66. The average molecular weight is 309 g/mol. The van der Waals surface area contributed by atoms with Crippen molar-refractivity contribution in [1.82, 2.24) is 4.72 Å². The molecule has 0 amide bonds. The molecule has 0 aliphatic rings. The molecular weight excluding hydrogens is 290 g/mol. The van der Waals surface area contributed by atoms with E-state index in [1.807, 2.05) is 0 Å². The topological polar surface area (TPSA) is 79.5 Å². The van der Waals surface area contributed by atoms with Gasteiger partial charge in [-0.1, -0.05) is 12.1 Å². The summed E-state index contributed by atoms with van der Waals surface area (Å²) in [6.45, 7) is 5.02. The van der Waals surface area contributed by atoms with Crippen LogP contribution in [0.4, 0.5) is 0 Å². The fraction of sp³-hybridized carbons (Fsp3) is 0.333. The Balaban J connectivity index is 2.30. The minimum absolute atomic E-state index is 0.171. The first-order chi connectivity index (χ1) is 9.85. The molecule has 2 N–H and O–H groups in total. The van der Waals surface area contributed by atoms with E-state index in [4.69, 9.17) is 4.42 Å². The van der Waals surface area contributed by atoms with Crippen LogP contribution in [0, 0.1) is 13.8 Å². The molecule has 0 fully saturated rings. The van der Waals surface area contributed by atoms with Crippen LogP contribution < -0.4 is 4.72 Å². The minimum Gasteiger partial charge on any atom is -0.465 e. The summed E-state index contributed by atoms with van der Waals surface area (Å²) in [5.74, 6) is 1.29. The van der Waals surface area contributed by atoms with Crippen molar-refractivity contribution < 1.29 is 17.9 Å². The summed E-state index contributed by atoms with van der Waals surface area (Å²) in [6.07, 6.45) is 0. The Hall–Kier alpha value is -1.63. The number of sulfonamides is 1. The zero-order valence-corrected chi connectivity index (χ0v) is 13.1. The van der Waals surface area contributed by atoms with Crippen molar-refractivity contribution in [1.29, 1.82) is 0 Å². The van der Waals surface area contributed by atoms with Gasteiger partial charge in [-0.15, -0.1) is 0 Å². The average Bonchev–Trinajstić information content (AvgIpc) is 2.85. The molecule has 1 atom stereocenters. The van der Waals surface area contributed by atoms with E-state index in [0.29, 0.717) is 16.9 Å². The first-order valence-electron chi connectivity index (χ1n) is 6.63. The summed E-state index contributed by atoms with van der Waals surface area (Å²) in [4.78, 5) is 0.171. The Morgan fingerprint density at radius 1 is 1.24 bits per heavy atom. The van der Waals surface area contributed by atoms with E-state index < -0.39 is 16.1 Å². The zero-order chi connectivity index (χ0) is 15.6. The standard InChI is InChI=1S/C15H19NO4S/c1-10-7-8-14(20-10)12(3)16-21(18,19)15-6-4-5-13(9-17)11(15)2/h4-8,12,16-17H,9H2,1-3H3. The molecule has 0 bridgehead atoms. The van der Waals surface area contributed by atoms with Gasteiger partial charge in [0, 0.05) is 0 Å². The highest BCUT2D eigenvalue weighted by atomic mass is 32.2. The van der Waals surface area contributed by atoms with Gasteiger partial charge in [-0.05, 0) is 50.1 Å². The van der Waals surface area contributed by atoms with Crippen LogP contribution in [-0.2, 0) is 16.6 Å². The molecule has 21 heavy (non-hydrogen) atoms. The van der Waals surface area contributed by atoms with Crippen LogP contribution in [0.2, 0.25) is 0 Å². The summed E-state index contributed by atoms with van der Waals surface area (Å²) >= 11 is 0. The lowest BCUT2D eigenvalue weighted by atomic mass is 10.1. The van der Waals surface area contributed by atoms with E-state index in [9.17, 15) is 13.5 Å². The van der Waals surface area contributed by atoms with Gasteiger partial charge in [0.2, 0.25) is 10.0 Å². The number of rotatable bonds is 5. The lowest BCUT2D eigenvalue weighted by Crippen LogP contribution is -2.27. The first-order valence-corrected chi connectivity index (χ1v) is 8.11. The molecule has 2 rings (SSSR count). The largest absolute Gasteiger partial charge is 0.465 e. The molecule has 0 saturated heterocycles. The molecule has 0 saturated carbocycles. The number of aryl methyl sites for hydroxylation is 1. The Kier molecular flexibility index (Phi) is 4.51. The van der Waals surface area contributed by atoms with E-state index in [-0.39, 0.29) is 11.5 Å². The Morgan fingerprint density at radius 3 is 2.52 bits per heavy atom. The second kappa shape index (κ2) is 6.01. The molecule has 114 valence electrons. The molecule has 5 nitrogen and oxygen atoms in total. The quantitative estimate of drug-likeness (QED) is 0.889. The van der Waals surface area contributed by atoms with E-state index in [0.717, 1.165) is 5.76 Å². The monoisotopic (exact) mass is 309 g/mol. The van der Waals surface area contributed by atoms with Crippen molar-refractivity contribution in [3.05, 3.63) is 53.0 Å². The van der Waals surface area contributed by atoms with Crippen LogP contribution in [0.3, 0.4) is 0 Å². The lowest BCUT2D eigenvalue weighted by Gasteiger charge is -2.15. The van der Waals surface area contributed by atoms with Crippen molar-refractivity contribution in [2.24, 2.45) is 0 Å². The maximum atomic E-state index is 12.5. The minimum atomic E-state index is -3.68. The summed E-state index contributed by atoms with van der Waals surface area (Å²) in [6, 6.07) is 7.91. The second-order valence-corrected chi connectivity index (χ2v) is 6.67. The SMILES string of the molecule is Cc1ccc(C(C)NS(=O)(=O)c2cccc(CO)c2C)o1. The van der Waals surface area contributed by atoms with Crippen LogP contribution in [0.25, 0.3) is 0 Å². The van der Waals surface area contributed by atoms with Crippen molar-refractivity contribution in [3.63, 3.8) is 0 Å². The van der Waals surface area contributed by atoms with Crippen molar-refractivity contribution in [2.75, 3.05) is 0 Å². The van der Waals surface area contributed by atoms with Gasteiger partial charge in [-0.3, -0.25) is 0 Å². The maximum Gasteiger partial charge on any atom is 0.241 e. The fourth-order valence-electron chi connectivity index (χ4n) is 2.16. The molecule has 1 unspecified atom stereocenters. The first kappa shape index (κ1) is 15.8. The lowest BCUT2D eigenvalue weighted by molar-refractivity contribution is 0.280. The molecule has 1 aromatic carbocycles. The van der Waals surface area contributed by atoms with Crippen LogP contribution in [0.15, 0.2) is 39.6 Å². The normalized spacial score (nSPS) is 13.3. The summed E-state index contributed by atoms with van der Waals surface area (Å²) in [7, 11) is -3.68. The van der Waals surface area contributed by atoms with Gasteiger partial charge in [0.25, 0.3) is 0 Å². The smallest absolute Gasteiger partial charge is 0.241 e. The molecule has 2 aromatic rings. The number of aliphatic hydroxyl groups excluding tert-OH is 1.